The molecule has 5 nitrogen and oxygen atoms in total. The summed E-state index contributed by atoms with van der Waals surface area (Å²) in [5.41, 5.74) is 2.82. The van der Waals surface area contributed by atoms with Gasteiger partial charge in [0, 0.05) is 18.1 Å². The van der Waals surface area contributed by atoms with Gasteiger partial charge in [-0.25, -0.2) is 9.79 Å². The number of aromatic nitrogens is 1. The molecule has 0 N–H and O–H groups in total. The number of benzene rings is 2. The summed E-state index contributed by atoms with van der Waals surface area (Å²) in [4.78, 5) is 16.8. The molecule has 0 aliphatic carbocycles. The molecule has 1 aliphatic heterocycles. The predicted molar refractivity (Wildman–Crippen MR) is 95.5 cm³/mol. The Morgan fingerprint density at radius 3 is 2.56 bits per heavy atom. The minimum atomic E-state index is -0.719. The van der Waals surface area contributed by atoms with Crippen LogP contribution in [0.3, 0.4) is 0 Å². The maximum atomic E-state index is 12.3. The minimum Gasteiger partial charge on any atom is -0.467 e. The molecule has 2 atom stereocenters. The molecule has 4 rings (SSSR count). The number of rotatable bonds is 3. The van der Waals surface area contributed by atoms with Crippen molar-refractivity contribution in [2.45, 2.75) is 12.1 Å². The summed E-state index contributed by atoms with van der Waals surface area (Å²) in [7, 11) is 3.34. The van der Waals surface area contributed by atoms with Crippen molar-refractivity contribution in [1.82, 2.24) is 4.57 Å². The van der Waals surface area contributed by atoms with Crippen LogP contribution in [0.25, 0.3) is 10.9 Å². The third kappa shape index (κ3) is 2.58. The summed E-state index contributed by atoms with van der Waals surface area (Å²) in [6, 6.07) is 19.0. The maximum Gasteiger partial charge on any atom is 0.335 e. The third-order valence-electron chi connectivity index (χ3n) is 4.53. The number of nitrogens with zero attached hydrogens (tertiary/aromatic N) is 2. The van der Waals surface area contributed by atoms with Gasteiger partial charge in [0.2, 0.25) is 5.90 Å². The Bertz CT molecular complexity index is 959. The van der Waals surface area contributed by atoms with Gasteiger partial charge in [-0.05, 0) is 29.7 Å². The topological polar surface area (TPSA) is 52.8 Å². The molecule has 1 aliphatic rings. The van der Waals surface area contributed by atoms with E-state index in [2.05, 4.69) is 4.99 Å². The normalized spacial score (nSPS) is 19.5. The number of para-hydroxylation sites is 1. The fourth-order valence-electron chi connectivity index (χ4n) is 3.23. The van der Waals surface area contributed by atoms with Gasteiger partial charge in [-0.2, -0.15) is 0 Å². The lowest BCUT2D eigenvalue weighted by Crippen LogP contribution is -2.26. The Hall–Kier alpha value is -3.08. The lowest BCUT2D eigenvalue weighted by molar-refractivity contribution is -0.143. The molecule has 25 heavy (non-hydrogen) atoms. The van der Waals surface area contributed by atoms with E-state index in [1.807, 2.05) is 72.3 Å². The summed E-state index contributed by atoms with van der Waals surface area (Å²) < 4.78 is 13.1. The molecule has 5 heteroatoms. The zero-order valence-corrected chi connectivity index (χ0v) is 14.0. The molecular formula is C20H18N2O3. The first kappa shape index (κ1) is 15.4. The van der Waals surface area contributed by atoms with E-state index in [0.29, 0.717) is 5.90 Å². The molecule has 2 aromatic carbocycles. The standard InChI is InChI=1S/C20H18N2O3/c1-22-15-11-7-6-10-14(15)12-16(22)18-17(20(23)24-2)21-19(25-18)13-8-4-3-5-9-13/h3-12,17-18H,1-2H3. The van der Waals surface area contributed by atoms with E-state index in [4.69, 9.17) is 9.47 Å². The van der Waals surface area contributed by atoms with Crippen molar-refractivity contribution in [1.29, 1.82) is 0 Å². The Morgan fingerprint density at radius 2 is 1.84 bits per heavy atom. The van der Waals surface area contributed by atoms with Gasteiger partial charge < -0.3 is 14.0 Å². The second-order valence-corrected chi connectivity index (χ2v) is 5.99. The van der Waals surface area contributed by atoms with E-state index in [1.54, 1.807) is 0 Å². The van der Waals surface area contributed by atoms with Gasteiger partial charge in [-0.15, -0.1) is 0 Å². The van der Waals surface area contributed by atoms with Gasteiger partial charge >= 0.3 is 5.97 Å². The van der Waals surface area contributed by atoms with E-state index in [-0.39, 0.29) is 0 Å². The van der Waals surface area contributed by atoms with Crippen LogP contribution in [0.15, 0.2) is 65.7 Å². The number of aryl methyl sites for hydroxylation is 1. The first-order valence-corrected chi connectivity index (χ1v) is 8.11. The molecule has 0 amide bonds. The van der Waals surface area contributed by atoms with Crippen molar-refractivity contribution in [2.75, 3.05) is 7.11 Å². The summed E-state index contributed by atoms with van der Waals surface area (Å²) in [6.45, 7) is 0. The van der Waals surface area contributed by atoms with Crippen molar-refractivity contribution in [3.63, 3.8) is 0 Å². The Labute approximate surface area is 145 Å². The van der Waals surface area contributed by atoms with Crippen LogP contribution in [0.5, 0.6) is 0 Å². The number of carbonyl (C=O) groups excluding carboxylic acids is 1. The van der Waals surface area contributed by atoms with Crippen molar-refractivity contribution in [2.24, 2.45) is 12.0 Å². The molecule has 2 heterocycles. The van der Waals surface area contributed by atoms with Crippen LogP contribution >= 0.6 is 0 Å². The molecule has 0 radical (unpaired) electrons. The average Bonchev–Trinajstić information content (AvgIpc) is 3.24. The number of ether oxygens (including phenoxy) is 2. The molecule has 126 valence electrons. The van der Waals surface area contributed by atoms with Gasteiger partial charge in [0.25, 0.3) is 0 Å². The number of methoxy groups -OCH3 is 1. The van der Waals surface area contributed by atoms with Gasteiger partial charge in [0.1, 0.15) is 0 Å². The van der Waals surface area contributed by atoms with Crippen molar-refractivity contribution < 1.29 is 14.3 Å². The van der Waals surface area contributed by atoms with Crippen LogP contribution in [0.1, 0.15) is 17.4 Å². The number of hydrogen-bond acceptors (Lipinski definition) is 4. The zero-order valence-electron chi connectivity index (χ0n) is 14.0. The van der Waals surface area contributed by atoms with E-state index in [1.165, 1.54) is 7.11 Å². The predicted octanol–water partition coefficient (Wildman–Crippen LogP) is 3.24. The van der Waals surface area contributed by atoms with Crippen LogP contribution in [0, 0.1) is 0 Å². The molecule has 0 saturated carbocycles. The van der Waals surface area contributed by atoms with Crippen LogP contribution in [-0.2, 0) is 21.3 Å². The lowest BCUT2D eigenvalue weighted by atomic mass is 10.1. The maximum absolute atomic E-state index is 12.3. The molecular weight excluding hydrogens is 316 g/mol. The highest BCUT2D eigenvalue weighted by molar-refractivity contribution is 5.98. The summed E-state index contributed by atoms with van der Waals surface area (Å²) >= 11 is 0. The Morgan fingerprint density at radius 1 is 1.12 bits per heavy atom. The van der Waals surface area contributed by atoms with E-state index >= 15 is 0 Å². The molecule has 0 saturated heterocycles. The molecule has 2 unspecified atom stereocenters. The van der Waals surface area contributed by atoms with Crippen LogP contribution in [-0.4, -0.2) is 29.6 Å². The number of carbonyl (C=O) groups is 1. The minimum absolute atomic E-state index is 0.402. The Kier molecular flexibility index (Phi) is 3.76. The first-order valence-electron chi connectivity index (χ1n) is 8.11. The smallest absolute Gasteiger partial charge is 0.335 e. The third-order valence-corrected chi connectivity index (χ3v) is 4.53. The number of esters is 1. The summed E-state index contributed by atoms with van der Waals surface area (Å²) in [5.74, 6) is 0.0624. The van der Waals surface area contributed by atoms with Gasteiger partial charge in [0.15, 0.2) is 12.1 Å². The van der Waals surface area contributed by atoms with Gasteiger partial charge in [-0.1, -0.05) is 36.4 Å². The van der Waals surface area contributed by atoms with Gasteiger partial charge in [-0.3, -0.25) is 0 Å². The highest BCUT2D eigenvalue weighted by Crippen LogP contribution is 2.34. The highest BCUT2D eigenvalue weighted by Gasteiger charge is 2.40. The molecule has 0 spiro atoms. The van der Waals surface area contributed by atoms with Crippen molar-refractivity contribution in [3.8, 4) is 0 Å². The monoisotopic (exact) mass is 334 g/mol. The number of aliphatic imine (C=N–C) groups is 1. The number of hydrogen-bond donors (Lipinski definition) is 0. The van der Waals surface area contributed by atoms with Crippen molar-refractivity contribution >= 4 is 22.8 Å². The lowest BCUT2D eigenvalue weighted by Gasteiger charge is -2.17. The molecule has 1 aromatic heterocycles. The van der Waals surface area contributed by atoms with Crippen LogP contribution < -0.4 is 0 Å². The highest BCUT2D eigenvalue weighted by atomic mass is 16.5. The van der Waals surface area contributed by atoms with E-state index in [9.17, 15) is 4.79 Å². The second kappa shape index (κ2) is 6.09. The quantitative estimate of drug-likeness (QED) is 0.691. The van der Waals surface area contributed by atoms with E-state index < -0.39 is 18.1 Å². The fraction of sp³-hybridized carbons (Fsp3) is 0.200. The zero-order chi connectivity index (χ0) is 17.4. The molecule has 0 fully saturated rings. The van der Waals surface area contributed by atoms with Crippen molar-refractivity contribution in [3.05, 3.63) is 71.9 Å². The second-order valence-electron chi connectivity index (χ2n) is 5.99. The SMILES string of the molecule is COC(=O)C1N=C(c2ccccc2)OC1c1cc2ccccc2n1C. The van der Waals surface area contributed by atoms with Crippen LogP contribution in [0.4, 0.5) is 0 Å². The fourth-order valence-corrected chi connectivity index (χ4v) is 3.23. The molecule has 3 aromatic rings. The average molecular weight is 334 g/mol. The van der Waals surface area contributed by atoms with Gasteiger partial charge in [0.05, 0.1) is 12.8 Å². The largest absolute Gasteiger partial charge is 0.467 e. The Balaban J connectivity index is 1.77. The van der Waals surface area contributed by atoms with E-state index in [0.717, 1.165) is 22.2 Å². The first-order chi connectivity index (χ1) is 12.2. The summed E-state index contributed by atoms with van der Waals surface area (Å²) in [5, 5.41) is 1.10. The number of fused-ring (bicyclic) bond motifs is 1. The summed E-state index contributed by atoms with van der Waals surface area (Å²) in [6.07, 6.45) is -0.514. The molecule has 0 bridgehead atoms. The van der Waals surface area contributed by atoms with Crippen LogP contribution in [0.2, 0.25) is 0 Å².